The van der Waals surface area contributed by atoms with Gasteiger partial charge in [0.05, 0.1) is 0 Å². The minimum Gasteiger partial charge on any atom is -0.251 e. The Labute approximate surface area is 93.9 Å². The second-order valence-electron chi connectivity index (χ2n) is 6.23. The molecule has 2 atom stereocenters. The molecule has 0 aromatic carbocycles. The second-order valence-corrected chi connectivity index (χ2v) is 6.23. The second kappa shape index (κ2) is 4.84. The van der Waals surface area contributed by atoms with Crippen molar-refractivity contribution in [3.8, 4) is 0 Å². The van der Waals surface area contributed by atoms with Gasteiger partial charge in [-0.05, 0) is 37.0 Å². The van der Waals surface area contributed by atoms with Crippen molar-refractivity contribution in [3.63, 3.8) is 0 Å². The maximum atomic E-state index is 9.22. The summed E-state index contributed by atoms with van der Waals surface area (Å²) in [4.78, 5) is 4.89. The Hall–Kier alpha value is -0.0800. The van der Waals surface area contributed by atoms with Crippen molar-refractivity contribution in [3.05, 3.63) is 0 Å². The van der Waals surface area contributed by atoms with Crippen LogP contribution in [0.5, 0.6) is 0 Å². The molecule has 15 heavy (non-hydrogen) atoms. The summed E-state index contributed by atoms with van der Waals surface area (Å²) in [5.74, 6) is 0.651. The molecule has 0 bridgehead atoms. The minimum atomic E-state index is -0.267. The van der Waals surface area contributed by atoms with Crippen molar-refractivity contribution in [2.45, 2.75) is 71.8 Å². The third-order valence-corrected chi connectivity index (χ3v) is 3.60. The van der Waals surface area contributed by atoms with Crippen LogP contribution in [-0.2, 0) is 4.89 Å². The first kappa shape index (κ1) is 13.0. The minimum absolute atomic E-state index is 0.267. The molecule has 1 rings (SSSR count). The fourth-order valence-corrected chi connectivity index (χ4v) is 3.47. The van der Waals surface area contributed by atoms with E-state index in [2.05, 4.69) is 27.7 Å². The molecule has 0 radical (unpaired) electrons. The monoisotopic (exact) mass is 214 g/mol. The Balaban J connectivity index is 2.70. The fraction of sp³-hybridized carbons (Fsp3) is 1.00. The lowest BCUT2D eigenvalue weighted by Gasteiger charge is -2.45. The van der Waals surface area contributed by atoms with E-state index in [1.807, 2.05) is 0 Å². The molecule has 1 N–H and O–H groups in total. The van der Waals surface area contributed by atoms with Gasteiger partial charge in [-0.1, -0.05) is 40.5 Å². The molecular formula is C13H26O2. The molecule has 0 aromatic rings. The third-order valence-electron chi connectivity index (χ3n) is 3.60. The van der Waals surface area contributed by atoms with E-state index >= 15 is 0 Å². The summed E-state index contributed by atoms with van der Waals surface area (Å²) < 4.78 is 0. The van der Waals surface area contributed by atoms with Gasteiger partial charge < -0.3 is 0 Å². The van der Waals surface area contributed by atoms with Gasteiger partial charge in [-0.25, -0.2) is 4.89 Å². The largest absolute Gasteiger partial charge is 0.251 e. The SMILES string of the molecule is CCCCC1(OO)CC(C)CC(C)(C)C1. The zero-order valence-corrected chi connectivity index (χ0v) is 10.7. The standard InChI is InChI=1S/C13H26O2/c1-5-6-7-13(15-14)9-11(2)8-12(3,4)10-13/h11,14H,5-10H2,1-4H3. The molecule has 0 spiro atoms. The zero-order valence-electron chi connectivity index (χ0n) is 10.7. The highest BCUT2D eigenvalue weighted by Gasteiger charge is 2.43. The Morgan fingerprint density at radius 1 is 1.33 bits per heavy atom. The molecule has 1 saturated carbocycles. The summed E-state index contributed by atoms with van der Waals surface area (Å²) in [6.45, 7) is 9.01. The number of rotatable bonds is 4. The van der Waals surface area contributed by atoms with Crippen LogP contribution in [0, 0.1) is 11.3 Å². The van der Waals surface area contributed by atoms with Crippen molar-refractivity contribution in [1.82, 2.24) is 0 Å². The molecule has 2 heteroatoms. The fourth-order valence-electron chi connectivity index (χ4n) is 3.47. The third kappa shape index (κ3) is 3.46. The average molecular weight is 214 g/mol. The molecule has 90 valence electrons. The number of unbranched alkanes of at least 4 members (excludes halogenated alkanes) is 1. The first-order chi connectivity index (χ1) is 6.93. The Morgan fingerprint density at radius 3 is 2.47 bits per heavy atom. The number of hydrogen-bond acceptors (Lipinski definition) is 2. The zero-order chi connectivity index (χ0) is 11.5. The van der Waals surface area contributed by atoms with Gasteiger partial charge >= 0.3 is 0 Å². The van der Waals surface area contributed by atoms with Crippen molar-refractivity contribution in [1.29, 1.82) is 0 Å². The van der Waals surface area contributed by atoms with E-state index in [0.717, 1.165) is 25.7 Å². The molecule has 2 nitrogen and oxygen atoms in total. The van der Waals surface area contributed by atoms with Crippen LogP contribution in [0.1, 0.15) is 66.2 Å². The summed E-state index contributed by atoms with van der Waals surface area (Å²) in [6.07, 6.45) is 6.54. The molecule has 2 unspecified atom stereocenters. The molecule has 0 saturated heterocycles. The summed E-state index contributed by atoms with van der Waals surface area (Å²) in [7, 11) is 0. The molecule has 0 amide bonds. The highest BCUT2D eigenvalue weighted by molar-refractivity contribution is 4.93. The molecule has 0 aliphatic heterocycles. The van der Waals surface area contributed by atoms with Crippen molar-refractivity contribution < 1.29 is 10.1 Å². The quantitative estimate of drug-likeness (QED) is 0.560. The van der Waals surface area contributed by atoms with Gasteiger partial charge in [0.2, 0.25) is 0 Å². The van der Waals surface area contributed by atoms with E-state index in [0.29, 0.717) is 11.3 Å². The van der Waals surface area contributed by atoms with Crippen LogP contribution < -0.4 is 0 Å². The van der Waals surface area contributed by atoms with E-state index in [4.69, 9.17) is 4.89 Å². The lowest BCUT2D eigenvalue weighted by Crippen LogP contribution is -2.43. The van der Waals surface area contributed by atoms with Crippen molar-refractivity contribution >= 4 is 0 Å². The van der Waals surface area contributed by atoms with Gasteiger partial charge in [-0.3, -0.25) is 5.26 Å². The van der Waals surface area contributed by atoms with Gasteiger partial charge in [0, 0.05) is 0 Å². The van der Waals surface area contributed by atoms with E-state index in [-0.39, 0.29) is 5.60 Å². The van der Waals surface area contributed by atoms with Gasteiger partial charge in [0.25, 0.3) is 0 Å². The van der Waals surface area contributed by atoms with Crippen LogP contribution in [0.4, 0.5) is 0 Å². The maximum Gasteiger partial charge on any atom is 0.104 e. The summed E-state index contributed by atoms with van der Waals surface area (Å²) in [6, 6.07) is 0. The Morgan fingerprint density at radius 2 is 2.00 bits per heavy atom. The molecular weight excluding hydrogens is 188 g/mol. The Kier molecular flexibility index (Phi) is 4.19. The molecule has 1 fully saturated rings. The molecule has 1 aliphatic rings. The smallest absolute Gasteiger partial charge is 0.104 e. The van der Waals surface area contributed by atoms with Gasteiger partial charge in [0.1, 0.15) is 5.60 Å². The topological polar surface area (TPSA) is 29.5 Å². The van der Waals surface area contributed by atoms with E-state index in [1.54, 1.807) is 0 Å². The van der Waals surface area contributed by atoms with Gasteiger partial charge in [-0.15, -0.1) is 0 Å². The van der Waals surface area contributed by atoms with E-state index in [1.165, 1.54) is 12.8 Å². The highest BCUT2D eigenvalue weighted by atomic mass is 17.1. The van der Waals surface area contributed by atoms with Crippen molar-refractivity contribution in [2.24, 2.45) is 11.3 Å². The predicted molar refractivity (Wildman–Crippen MR) is 62.8 cm³/mol. The summed E-state index contributed by atoms with van der Waals surface area (Å²) >= 11 is 0. The lowest BCUT2D eigenvalue weighted by atomic mass is 9.64. The van der Waals surface area contributed by atoms with Crippen LogP contribution >= 0.6 is 0 Å². The van der Waals surface area contributed by atoms with E-state index < -0.39 is 0 Å². The molecule has 1 aliphatic carbocycles. The van der Waals surface area contributed by atoms with Crippen LogP contribution in [0.3, 0.4) is 0 Å². The summed E-state index contributed by atoms with van der Waals surface area (Å²) in [5, 5.41) is 9.22. The van der Waals surface area contributed by atoms with Crippen LogP contribution in [-0.4, -0.2) is 10.9 Å². The maximum absolute atomic E-state index is 9.22. The van der Waals surface area contributed by atoms with Gasteiger partial charge in [-0.2, -0.15) is 0 Å². The van der Waals surface area contributed by atoms with Crippen LogP contribution in [0.25, 0.3) is 0 Å². The van der Waals surface area contributed by atoms with Crippen LogP contribution in [0.15, 0.2) is 0 Å². The molecule has 0 aromatic heterocycles. The predicted octanol–water partition coefficient (Wildman–Crippen LogP) is 4.25. The van der Waals surface area contributed by atoms with Crippen molar-refractivity contribution in [2.75, 3.05) is 0 Å². The van der Waals surface area contributed by atoms with Crippen LogP contribution in [0.2, 0.25) is 0 Å². The first-order valence-electron chi connectivity index (χ1n) is 6.26. The summed E-state index contributed by atoms with van der Waals surface area (Å²) in [5.41, 5.74) is 0.0331. The molecule has 0 heterocycles. The number of hydrogen-bond donors (Lipinski definition) is 1. The average Bonchev–Trinajstić information content (AvgIpc) is 2.11. The Bertz CT molecular complexity index is 201. The normalized spacial score (nSPS) is 35.4. The van der Waals surface area contributed by atoms with E-state index in [9.17, 15) is 5.26 Å². The van der Waals surface area contributed by atoms with Gasteiger partial charge in [0.15, 0.2) is 0 Å². The first-order valence-corrected chi connectivity index (χ1v) is 6.26. The highest BCUT2D eigenvalue weighted by Crippen LogP contribution is 2.47. The lowest BCUT2D eigenvalue weighted by molar-refractivity contribution is -0.342.